The molecule has 0 heterocycles. The standard InChI is InChI=1S/C16H26O3/c1-12(2)7-10-16(15(17)18)9-5-6-14(13(16)3)8-11-19-4/h5-6,9,12-13H,7-8,10-11H2,1-4H3,(H,17,18). The molecule has 1 rings (SSSR count). The normalized spacial score (nSPS) is 26.6. The summed E-state index contributed by atoms with van der Waals surface area (Å²) in [4.78, 5) is 11.8. The van der Waals surface area contributed by atoms with E-state index < -0.39 is 11.4 Å². The van der Waals surface area contributed by atoms with Gasteiger partial charge in [0.1, 0.15) is 0 Å². The van der Waals surface area contributed by atoms with Gasteiger partial charge in [0.25, 0.3) is 0 Å². The lowest BCUT2D eigenvalue weighted by atomic mass is 9.66. The van der Waals surface area contributed by atoms with E-state index in [4.69, 9.17) is 4.74 Å². The highest BCUT2D eigenvalue weighted by molar-refractivity contribution is 5.78. The van der Waals surface area contributed by atoms with Crippen molar-refractivity contribution in [2.45, 2.75) is 40.0 Å². The van der Waals surface area contributed by atoms with Gasteiger partial charge in [0.2, 0.25) is 0 Å². The largest absolute Gasteiger partial charge is 0.481 e. The van der Waals surface area contributed by atoms with E-state index >= 15 is 0 Å². The summed E-state index contributed by atoms with van der Waals surface area (Å²) in [5, 5.41) is 9.71. The summed E-state index contributed by atoms with van der Waals surface area (Å²) in [6.45, 7) is 6.94. The molecular formula is C16H26O3. The first kappa shape index (κ1) is 16.0. The fraction of sp³-hybridized carbons (Fsp3) is 0.688. The molecule has 3 nitrogen and oxygen atoms in total. The fourth-order valence-corrected chi connectivity index (χ4v) is 2.67. The van der Waals surface area contributed by atoms with Crippen LogP contribution in [-0.2, 0) is 9.53 Å². The molecule has 0 aromatic heterocycles. The second-order valence-electron chi connectivity index (χ2n) is 5.84. The van der Waals surface area contributed by atoms with Gasteiger partial charge in [-0.15, -0.1) is 0 Å². The van der Waals surface area contributed by atoms with Crippen molar-refractivity contribution < 1.29 is 14.6 Å². The second-order valence-corrected chi connectivity index (χ2v) is 5.84. The van der Waals surface area contributed by atoms with Crippen LogP contribution in [-0.4, -0.2) is 24.8 Å². The number of methoxy groups -OCH3 is 1. The monoisotopic (exact) mass is 266 g/mol. The van der Waals surface area contributed by atoms with Crippen molar-refractivity contribution in [1.29, 1.82) is 0 Å². The summed E-state index contributed by atoms with van der Waals surface area (Å²) in [5.41, 5.74) is 0.428. The molecular weight excluding hydrogens is 240 g/mol. The molecule has 3 heteroatoms. The van der Waals surface area contributed by atoms with Crippen molar-refractivity contribution in [1.82, 2.24) is 0 Å². The highest BCUT2D eigenvalue weighted by Gasteiger charge is 2.43. The quantitative estimate of drug-likeness (QED) is 0.765. The van der Waals surface area contributed by atoms with Crippen molar-refractivity contribution in [2.24, 2.45) is 17.3 Å². The minimum Gasteiger partial charge on any atom is -0.481 e. The SMILES string of the molecule is COCCC1=CC=CC(CCC(C)C)(C(=O)O)C1C. The number of carbonyl (C=O) groups is 1. The number of allylic oxidation sites excluding steroid dienone is 2. The Balaban J connectivity index is 2.90. The number of hydrogen-bond acceptors (Lipinski definition) is 2. The van der Waals surface area contributed by atoms with Crippen LogP contribution >= 0.6 is 0 Å². The molecule has 0 spiro atoms. The smallest absolute Gasteiger partial charge is 0.314 e. The maximum absolute atomic E-state index is 11.8. The van der Waals surface area contributed by atoms with Gasteiger partial charge in [-0.2, -0.15) is 0 Å². The van der Waals surface area contributed by atoms with E-state index in [0.29, 0.717) is 18.9 Å². The van der Waals surface area contributed by atoms with Gasteiger partial charge >= 0.3 is 5.97 Å². The molecule has 0 radical (unpaired) electrons. The van der Waals surface area contributed by atoms with E-state index in [2.05, 4.69) is 13.8 Å². The topological polar surface area (TPSA) is 46.5 Å². The number of ether oxygens (including phenoxy) is 1. The zero-order valence-electron chi connectivity index (χ0n) is 12.5. The molecule has 1 aliphatic rings. The maximum atomic E-state index is 11.8. The van der Waals surface area contributed by atoms with Gasteiger partial charge in [-0.1, -0.05) is 44.6 Å². The third-order valence-electron chi connectivity index (χ3n) is 4.16. The first-order valence-electron chi connectivity index (χ1n) is 7.04. The highest BCUT2D eigenvalue weighted by atomic mass is 16.5. The van der Waals surface area contributed by atoms with E-state index in [-0.39, 0.29) is 5.92 Å². The Morgan fingerprint density at radius 1 is 1.53 bits per heavy atom. The predicted octanol–water partition coefficient (Wildman–Crippen LogP) is 3.66. The molecule has 2 unspecified atom stereocenters. The lowest BCUT2D eigenvalue weighted by molar-refractivity contribution is -0.148. The highest BCUT2D eigenvalue weighted by Crippen LogP contribution is 2.43. The summed E-state index contributed by atoms with van der Waals surface area (Å²) in [6.07, 6.45) is 8.25. The Kier molecular flexibility index (Phi) is 5.80. The summed E-state index contributed by atoms with van der Waals surface area (Å²) in [6, 6.07) is 0. The molecule has 0 aromatic carbocycles. The Hall–Kier alpha value is -1.09. The molecule has 108 valence electrons. The van der Waals surface area contributed by atoms with E-state index in [0.717, 1.165) is 12.8 Å². The van der Waals surface area contributed by atoms with Gasteiger partial charge in [-0.05, 0) is 31.1 Å². The van der Waals surface area contributed by atoms with Gasteiger partial charge in [0.05, 0.1) is 5.41 Å². The Morgan fingerprint density at radius 2 is 2.21 bits per heavy atom. The lowest BCUT2D eigenvalue weighted by Gasteiger charge is -2.37. The molecule has 1 aliphatic carbocycles. The van der Waals surface area contributed by atoms with Crippen LogP contribution in [0.2, 0.25) is 0 Å². The first-order chi connectivity index (χ1) is 8.94. The molecule has 0 fully saturated rings. The Morgan fingerprint density at radius 3 is 2.74 bits per heavy atom. The summed E-state index contributed by atoms with van der Waals surface area (Å²) in [7, 11) is 1.67. The molecule has 2 atom stereocenters. The van der Waals surface area contributed by atoms with Crippen molar-refractivity contribution in [3.8, 4) is 0 Å². The fourth-order valence-electron chi connectivity index (χ4n) is 2.67. The van der Waals surface area contributed by atoms with Gasteiger partial charge in [0, 0.05) is 13.7 Å². The molecule has 0 saturated heterocycles. The van der Waals surface area contributed by atoms with E-state index in [9.17, 15) is 9.90 Å². The van der Waals surface area contributed by atoms with Crippen LogP contribution in [0.5, 0.6) is 0 Å². The van der Waals surface area contributed by atoms with Crippen LogP contribution in [0.3, 0.4) is 0 Å². The number of hydrogen-bond donors (Lipinski definition) is 1. The van der Waals surface area contributed by atoms with Gasteiger partial charge in [0.15, 0.2) is 0 Å². The maximum Gasteiger partial charge on any atom is 0.314 e. The molecule has 0 saturated carbocycles. The van der Waals surface area contributed by atoms with Gasteiger partial charge in [-0.25, -0.2) is 0 Å². The summed E-state index contributed by atoms with van der Waals surface area (Å²) >= 11 is 0. The molecule has 0 aromatic rings. The molecule has 0 bridgehead atoms. The molecule has 1 N–H and O–H groups in total. The predicted molar refractivity (Wildman–Crippen MR) is 77.0 cm³/mol. The van der Waals surface area contributed by atoms with Gasteiger partial charge < -0.3 is 9.84 Å². The van der Waals surface area contributed by atoms with Gasteiger partial charge in [-0.3, -0.25) is 4.79 Å². The minimum atomic E-state index is -0.748. The number of rotatable bonds is 7. The minimum absolute atomic E-state index is 0.0314. The lowest BCUT2D eigenvalue weighted by Crippen LogP contribution is -2.38. The summed E-state index contributed by atoms with van der Waals surface area (Å²) in [5.74, 6) is -0.158. The summed E-state index contributed by atoms with van der Waals surface area (Å²) < 4.78 is 5.11. The number of carboxylic acid groups (broad SMARTS) is 1. The first-order valence-corrected chi connectivity index (χ1v) is 7.04. The van der Waals surface area contributed by atoms with Crippen molar-refractivity contribution >= 4 is 5.97 Å². The van der Waals surface area contributed by atoms with Crippen LogP contribution in [0, 0.1) is 17.3 Å². The third kappa shape index (κ3) is 3.69. The zero-order valence-corrected chi connectivity index (χ0v) is 12.5. The van der Waals surface area contributed by atoms with Crippen molar-refractivity contribution in [3.05, 3.63) is 23.8 Å². The van der Waals surface area contributed by atoms with Crippen LogP contribution in [0.15, 0.2) is 23.8 Å². The second kappa shape index (κ2) is 6.90. The zero-order chi connectivity index (χ0) is 14.5. The average molecular weight is 266 g/mol. The Labute approximate surface area is 116 Å². The van der Waals surface area contributed by atoms with Crippen LogP contribution in [0.4, 0.5) is 0 Å². The average Bonchev–Trinajstić information content (AvgIpc) is 2.36. The molecule has 19 heavy (non-hydrogen) atoms. The molecule has 0 aliphatic heterocycles. The number of carboxylic acids is 1. The van der Waals surface area contributed by atoms with E-state index in [1.54, 1.807) is 7.11 Å². The number of aliphatic carboxylic acids is 1. The van der Waals surface area contributed by atoms with E-state index in [1.807, 2.05) is 25.2 Å². The van der Waals surface area contributed by atoms with Crippen LogP contribution in [0.1, 0.15) is 40.0 Å². The Bertz CT molecular complexity index is 368. The van der Waals surface area contributed by atoms with Crippen molar-refractivity contribution in [3.63, 3.8) is 0 Å². The van der Waals surface area contributed by atoms with Crippen LogP contribution < -0.4 is 0 Å². The molecule has 0 amide bonds. The van der Waals surface area contributed by atoms with Crippen LogP contribution in [0.25, 0.3) is 0 Å². The third-order valence-corrected chi connectivity index (χ3v) is 4.16. The van der Waals surface area contributed by atoms with Crippen molar-refractivity contribution in [2.75, 3.05) is 13.7 Å². The van der Waals surface area contributed by atoms with E-state index in [1.165, 1.54) is 5.57 Å².